The Bertz CT molecular complexity index is 1370. The van der Waals surface area contributed by atoms with E-state index in [2.05, 4.69) is 5.32 Å². The third-order valence-corrected chi connectivity index (χ3v) is 5.39. The number of carbonyl (C=O) groups is 1. The average Bonchev–Trinajstić information content (AvgIpc) is 2.76. The lowest BCUT2D eigenvalue weighted by molar-refractivity contribution is -0.137. The van der Waals surface area contributed by atoms with Crippen LogP contribution in [0.25, 0.3) is 21.8 Å². The molecular formula is C25H21F3N2O2. The maximum Gasteiger partial charge on any atom is 0.416 e. The van der Waals surface area contributed by atoms with Gasteiger partial charge in [0.2, 0.25) is 5.91 Å². The minimum absolute atomic E-state index is 0.0298. The summed E-state index contributed by atoms with van der Waals surface area (Å²) in [6, 6.07) is 17.6. The maximum absolute atomic E-state index is 12.9. The van der Waals surface area contributed by atoms with Crippen LogP contribution in [0.1, 0.15) is 24.0 Å². The van der Waals surface area contributed by atoms with Crippen molar-refractivity contribution in [1.82, 2.24) is 4.57 Å². The lowest BCUT2D eigenvalue weighted by Gasteiger charge is -2.15. The monoisotopic (exact) mass is 438 g/mol. The normalized spacial score (nSPS) is 11.8. The molecule has 0 radical (unpaired) electrons. The van der Waals surface area contributed by atoms with Crippen LogP contribution < -0.4 is 10.7 Å². The minimum Gasteiger partial charge on any atom is -0.340 e. The van der Waals surface area contributed by atoms with Crippen LogP contribution in [0.5, 0.6) is 0 Å². The Hall–Kier alpha value is -3.61. The third kappa shape index (κ3) is 4.37. The highest BCUT2D eigenvalue weighted by molar-refractivity contribution is 5.94. The Kier molecular flexibility index (Phi) is 5.74. The number of hydrogen-bond acceptors (Lipinski definition) is 2. The first kappa shape index (κ1) is 21.6. The van der Waals surface area contributed by atoms with E-state index in [-0.39, 0.29) is 23.4 Å². The van der Waals surface area contributed by atoms with E-state index in [1.54, 1.807) is 6.07 Å². The molecule has 164 valence electrons. The van der Waals surface area contributed by atoms with Crippen molar-refractivity contribution in [2.75, 3.05) is 5.32 Å². The van der Waals surface area contributed by atoms with Gasteiger partial charge >= 0.3 is 6.18 Å². The van der Waals surface area contributed by atoms with Crippen LogP contribution in [0, 0.1) is 6.92 Å². The molecule has 1 amide bonds. The smallest absolute Gasteiger partial charge is 0.340 e. The van der Waals surface area contributed by atoms with E-state index in [9.17, 15) is 22.8 Å². The first-order valence-electron chi connectivity index (χ1n) is 10.2. The number of aryl methyl sites for hydroxylation is 2. The number of aromatic nitrogens is 1. The molecule has 32 heavy (non-hydrogen) atoms. The lowest BCUT2D eigenvalue weighted by atomic mass is 10.1. The van der Waals surface area contributed by atoms with Crippen molar-refractivity contribution in [3.05, 3.63) is 88.1 Å². The Labute approximate surface area is 182 Å². The molecule has 1 aromatic heterocycles. The lowest BCUT2D eigenvalue weighted by Crippen LogP contribution is -2.15. The summed E-state index contributed by atoms with van der Waals surface area (Å²) in [6.07, 6.45) is -3.88. The number of halogens is 3. The number of benzene rings is 3. The van der Waals surface area contributed by atoms with E-state index in [1.807, 2.05) is 47.9 Å². The summed E-state index contributed by atoms with van der Waals surface area (Å²) < 4.78 is 40.6. The van der Waals surface area contributed by atoms with Gasteiger partial charge in [-0.25, -0.2) is 0 Å². The van der Waals surface area contributed by atoms with Crippen LogP contribution in [0.2, 0.25) is 0 Å². The van der Waals surface area contributed by atoms with Crippen molar-refractivity contribution >= 4 is 33.4 Å². The summed E-state index contributed by atoms with van der Waals surface area (Å²) in [5.41, 5.74) is 1.83. The zero-order chi connectivity index (χ0) is 22.9. The van der Waals surface area contributed by atoms with Crippen molar-refractivity contribution in [2.24, 2.45) is 0 Å². The number of anilines is 1. The molecule has 0 fully saturated rings. The van der Waals surface area contributed by atoms with E-state index < -0.39 is 11.7 Å². The topological polar surface area (TPSA) is 51.1 Å². The molecule has 0 saturated heterocycles. The van der Waals surface area contributed by atoms with Gasteiger partial charge in [0.25, 0.3) is 0 Å². The summed E-state index contributed by atoms with van der Waals surface area (Å²) in [5, 5.41) is 3.77. The number of hydrogen-bond donors (Lipinski definition) is 1. The van der Waals surface area contributed by atoms with E-state index in [0.717, 1.165) is 28.7 Å². The molecule has 0 aliphatic rings. The molecule has 4 rings (SSSR count). The predicted molar refractivity (Wildman–Crippen MR) is 120 cm³/mol. The second-order valence-corrected chi connectivity index (χ2v) is 7.75. The number of nitrogens with zero attached hydrogens (tertiary/aromatic N) is 1. The SMILES string of the molecule is Cc1ccc2c(c1)c(=O)c1ccccc1n2CCCC(=O)Nc1cccc(C(F)(F)F)c1. The second-order valence-electron chi connectivity index (χ2n) is 7.75. The quantitative estimate of drug-likeness (QED) is 0.395. The van der Waals surface area contributed by atoms with Gasteiger partial charge in [0, 0.05) is 29.4 Å². The summed E-state index contributed by atoms with van der Waals surface area (Å²) in [4.78, 5) is 25.3. The molecule has 0 unspecified atom stereocenters. The van der Waals surface area contributed by atoms with Crippen molar-refractivity contribution < 1.29 is 18.0 Å². The van der Waals surface area contributed by atoms with Gasteiger partial charge < -0.3 is 9.88 Å². The highest BCUT2D eigenvalue weighted by atomic mass is 19.4. The van der Waals surface area contributed by atoms with Gasteiger partial charge in [-0.05, 0) is 55.8 Å². The fourth-order valence-corrected chi connectivity index (χ4v) is 3.88. The van der Waals surface area contributed by atoms with Crippen molar-refractivity contribution in [3.63, 3.8) is 0 Å². The first-order valence-corrected chi connectivity index (χ1v) is 10.2. The van der Waals surface area contributed by atoms with Crippen LogP contribution in [0.4, 0.5) is 18.9 Å². The number of amides is 1. The van der Waals surface area contributed by atoms with E-state index in [4.69, 9.17) is 0 Å². The molecule has 1 heterocycles. The zero-order valence-electron chi connectivity index (χ0n) is 17.4. The van der Waals surface area contributed by atoms with Crippen molar-refractivity contribution in [2.45, 2.75) is 32.5 Å². The fraction of sp³-hybridized carbons (Fsp3) is 0.200. The van der Waals surface area contributed by atoms with E-state index in [0.29, 0.717) is 23.7 Å². The Morgan fingerprint density at radius 1 is 0.938 bits per heavy atom. The van der Waals surface area contributed by atoms with Gasteiger partial charge in [-0.1, -0.05) is 29.8 Å². The molecule has 4 nitrogen and oxygen atoms in total. The number of rotatable bonds is 5. The molecule has 7 heteroatoms. The number of alkyl halides is 3. The van der Waals surface area contributed by atoms with Crippen LogP contribution in [-0.4, -0.2) is 10.5 Å². The molecule has 3 aromatic carbocycles. The first-order chi connectivity index (χ1) is 15.2. The molecule has 4 aromatic rings. The average molecular weight is 438 g/mol. The number of carbonyl (C=O) groups excluding carboxylic acids is 1. The molecule has 0 aliphatic heterocycles. The summed E-state index contributed by atoms with van der Waals surface area (Å²) in [7, 11) is 0. The predicted octanol–water partition coefficient (Wildman–Crippen LogP) is 5.90. The van der Waals surface area contributed by atoms with Crippen molar-refractivity contribution in [3.8, 4) is 0 Å². The fourth-order valence-electron chi connectivity index (χ4n) is 3.88. The molecule has 0 bridgehead atoms. The van der Waals surface area contributed by atoms with Gasteiger partial charge in [0.1, 0.15) is 0 Å². The summed E-state index contributed by atoms with van der Waals surface area (Å²) in [6.45, 7) is 2.41. The van der Waals surface area contributed by atoms with Crippen molar-refractivity contribution in [1.29, 1.82) is 0 Å². The maximum atomic E-state index is 12.9. The highest BCUT2D eigenvalue weighted by Gasteiger charge is 2.30. The van der Waals surface area contributed by atoms with E-state index >= 15 is 0 Å². The number of para-hydroxylation sites is 1. The molecular weight excluding hydrogens is 417 g/mol. The van der Waals surface area contributed by atoms with Gasteiger partial charge in [0.15, 0.2) is 5.43 Å². The number of fused-ring (bicyclic) bond motifs is 2. The third-order valence-electron chi connectivity index (χ3n) is 5.39. The number of pyridine rings is 1. The Balaban J connectivity index is 1.54. The standard InChI is InChI=1S/C25H21F3N2O2/c1-16-11-12-22-20(14-16)24(32)19-8-2-3-9-21(19)30(22)13-5-10-23(31)29-18-7-4-6-17(15-18)25(26,27)28/h2-4,6-9,11-12,14-15H,5,10,13H2,1H3,(H,29,31). The molecule has 0 aliphatic carbocycles. The zero-order valence-corrected chi connectivity index (χ0v) is 17.4. The van der Waals surface area contributed by atoms with Gasteiger partial charge in [0.05, 0.1) is 16.6 Å². The second kappa shape index (κ2) is 8.49. The van der Waals surface area contributed by atoms with Crippen LogP contribution in [0.15, 0.2) is 71.5 Å². The Morgan fingerprint density at radius 2 is 1.69 bits per heavy atom. The van der Waals surface area contributed by atoms with Gasteiger partial charge in [-0.15, -0.1) is 0 Å². The van der Waals surface area contributed by atoms with E-state index in [1.165, 1.54) is 12.1 Å². The van der Waals surface area contributed by atoms with Gasteiger partial charge in [-0.3, -0.25) is 9.59 Å². The molecule has 0 saturated carbocycles. The van der Waals surface area contributed by atoms with Crippen LogP contribution in [0.3, 0.4) is 0 Å². The van der Waals surface area contributed by atoms with Gasteiger partial charge in [-0.2, -0.15) is 13.2 Å². The molecule has 0 atom stereocenters. The summed E-state index contributed by atoms with van der Waals surface area (Å²) >= 11 is 0. The van der Waals surface area contributed by atoms with Crippen LogP contribution in [-0.2, 0) is 17.5 Å². The molecule has 1 N–H and O–H groups in total. The largest absolute Gasteiger partial charge is 0.416 e. The molecule has 0 spiro atoms. The van der Waals surface area contributed by atoms with Crippen LogP contribution >= 0.6 is 0 Å². The summed E-state index contributed by atoms with van der Waals surface area (Å²) in [5.74, 6) is -0.366. The number of nitrogens with one attached hydrogen (secondary N) is 1. The highest BCUT2D eigenvalue weighted by Crippen LogP contribution is 2.30. The minimum atomic E-state index is -4.47. The Morgan fingerprint density at radius 3 is 2.47 bits per heavy atom.